The van der Waals surface area contributed by atoms with Gasteiger partial charge in [0, 0.05) is 0 Å². The molecule has 0 aromatic rings. The Morgan fingerprint density at radius 3 is 1.24 bits per heavy atom. The molecule has 1 saturated heterocycles. The molecular formula is C51H94O11. The molecule has 11 nitrogen and oxygen atoms in total. The summed E-state index contributed by atoms with van der Waals surface area (Å²) >= 11 is 0. The average molecular weight is 883 g/mol. The minimum Gasteiger partial charge on any atom is -0.394 e. The molecule has 0 aromatic carbocycles. The molecular weight excluding hydrogens is 789 g/mol. The summed E-state index contributed by atoms with van der Waals surface area (Å²) in [4.78, 5) is 0. The van der Waals surface area contributed by atoms with Gasteiger partial charge in [-0.15, -0.1) is 0 Å². The standard InChI is InChI=1S/C51H94O11/c1-38(2)19-13-26-47(6,56)28-15-30-49(8,58)32-17-34-51(10,60)35-18-33-50(9,59)31-16-29-48(7,57)27-14-24-40(4)22-11-20-39(3)21-12-23-41(5)25-36-61-46-45(55)44(54)43(53)42(37-52)62-46/h19,21-22,25,42-46,52-60H,11-18,20,23-24,26-37H2,1-10H3/b39-21+,40-22+,41-25+/t42-,43-,44+,45-,46-,47+,48-,49+,50+,51-/m1/s1. The summed E-state index contributed by atoms with van der Waals surface area (Å²) < 4.78 is 10.9. The van der Waals surface area contributed by atoms with Crippen LogP contribution in [0.25, 0.3) is 0 Å². The minimum atomic E-state index is -1.45. The Bertz CT molecular complexity index is 1350. The second-order valence-electron chi connectivity index (χ2n) is 20.8. The van der Waals surface area contributed by atoms with Crippen LogP contribution in [-0.2, 0) is 9.47 Å². The Labute approximate surface area is 377 Å². The van der Waals surface area contributed by atoms with E-state index in [1.54, 1.807) is 0 Å². The van der Waals surface area contributed by atoms with Crippen LogP contribution in [0.2, 0.25) is 0 Å². The molecule has 0 spiro atoms. The summed E-state index contributed by atoms with van der Waals surface area (Å²) in [7, 11) is 0. The van der Waals surface area contributed by atoms with E-state index in [0.717, 1.165) is 63.4 Å². The summed E-state index contributed by atoms with van der Waals surface area (Å²) in [6, 6.07) is 0. The molecule has 62 heavy (non-hydrogen) atoms. The van der Waals surface area contributed by atoms with Crippen LogP contribution in [0.3, 0.4) is 0 Å². The van der Waals surface area contributed by atoms with Crippen molar-refractivity contribution in [3.8, 4) is 0 Å². The van der Waals surface area contributed by atoms with Gasteiger partial charge in [-0.2, -0.15) is 0 Å². The fourth-order valence-electron chi connectivity index (χ4n) is 8.33. The van der Waals surface area contributed by atoms with E-state index in [1.807, 2.05) is 47.6 Å². The van der Waals surface area contributed by atoms with Crippen LogP contribution in [0.4, 0.5) is 0 Å². The third-order valence-corrected chi connectivity index (χ3v) is 12.8. The number of rotatable bonds is 33. The zero-order chi connectivity index (χ0) is 47.2. The molecule has 364 valence electrons. The van der Waals surface area contributed by atoms with Gasteiger partial charge in [0.05, 0.1) is 41.2 Å². The first-order chi connectivity index (χ1) is 28.7. The molecule has 1 aliphatic rings. The second-order valence-corrected chi connectivity index (χ2v) is 20.8. The van der Waals surface area contributed by atoms with E-state index in [-0.39, 0.29) is 6.61 Å². The van der Waals surface area contributed by atoms with Gasteiger partial charge in [0.1, 0.15) is 24.4 Å². The van der Waals surface area contributed by atoms with Gasteiger partial charge >= 0.3 is 0 Å². The SMILES string of the molecule is CC(C)=CCC[C@](C)(O)CCC[C@](C)(O)CCC[C@@](C)(O)CCC[C@@](C)(O)CCC[C@](C)(O)CCC/C(C)=C/CC/C(C)=C/CC/C(C)=C/CO[C@@H]1O[C@H](CO)[C@@H](O)[C@H](O)[C@H]1O. The molecule has 10 atom stereocenters. The van der Waals surface area contributed by atoms with Gasteiger partial charge in [-0.1, -0.05) is 46.6 Å². The molecule has 0 amide bonds. The molecule has 9 N–H and O–H groups in total. The number of hydrogen-bond donors (Lipinski definition) is 9. The monoisotopic (exact) mass is 883 g/mol. The van der Waals surface area contributed by atoms with Crippen LogP contribution in [0, 0.1) is 0 Å². The first-order valence-corrected chi connectivity index (χ1v) is 23.8. The van der Waals surface area contributed by atoms with Crippen LogP contribution >= 0.6 is 0 Å². The maximum Gasteiger partial charge on any atom is 0.187 e. The Morgan fingerprint density at radius 2 is 0.839 bits per heavy atom. The fraction of sp³-hybridized carbons (Fsp3) is 0.843. The van der Waals surface area contributed by atoms with Crippen molar-refractivity contribution in [3.05, 3.63) is 46.6 Å². The highest BCUT2D eigenvalue weighted by atomic mass is 16.7. The Balaban J connectivity index is 2.28. The molecule has 0 bridgehead atoms. The van der Waals surface area contributed by atoms with Gasteiger partial charge in [-0.05, 0) is 204 Å². The Hall–Kier alpha value is -1.48. The summed E-state index contributed by atoms with van der Waals surface area (Å²) in [5, 5.41) is 94.1. The van der Waals surface area contributed by atoms with E-state index in [9.17, 15) is 46.0 Å². The zero-order valence-electron chi connectivity index (χ0n) is 40.8. The molecule has 0 unspecified atom stereocenters. The van der Waals surface area contributed by atoms with Crippen molar-refractivity contribution in [1.82, 2.24) is 0 Å². The molecule has 0 radical (unpaired) electrons. The predicted octanol–water partition coefficient (Wildman–Crippen LogP) is 8.56. The second kappa shape index (κ2) is 28.5. The molecule has 0 saturated carbocycles. The van der Waals surface area contributed by atoms with Gasteiger partial charge in [0.15, 0.2) is 6.29 Å². The van der Waals surface area contributed by atoms with Crippen LogP contribution < -0.4 is 0 Å². The molecule has 1 fully saturated rings. The molecule has 11 heteroatoms. The lowest BCUT2D eigenvalue weighted by Crippen LogP contribution is -2.59. The number of aliphatic hydroxyl groups is 9. The molecule has 1 aliphatic heterocycles. The number of aliphatic hydroxyl groups excluding tert-OH is 4. The van der Waals surface area contributed by atoms with Crippen molar-refractivity contribution in [3.63, 3.8) is 0 Å². The lowest BCUT2D eigenvalue weighted by molar-refractivity contribution is -0.298. The number of hydrogen-bond acceptors (Lipinski definition) is 11. The topological polar surface area (TPSA) is 201 Å². The van der Waals surface area contributed by atoms with E-state index in [4.69, 9.17) is 9.47 Å². The van der Waals surface area contributed by atoms with E-state index < -0.39 is 65.3 Å². The van der Waals surface area contributed by atoms with Gasteiger partial charge in [-0.3, -0.25) is 0 Å². The molecule has 0 aromatic heterocycles. The van der Waals surface area contributed by atoms with Crippen molar-refractivity contribution in [2.45, 2.75) is 263 Å². The first kappa shape index (κ1) is 58.5. The van der Waals surface area contributed by atoms with Crippen molar-refractivity contribution in [1.29, 1.82) is 0 Å². The molecule has 1 heterocycles. The summed E-state index contributed by atoms with van der Waals surface area (Å²) in [5.41, 5.74) is 0.929. The predicted molar refractivity (Wildman–Crippen MR) is 250 cm³/mol. The third kappa shape index (κ3) is 27.1. The summed E-state index contributed by atoms with van der Waals surface area (Å²) in [6.45, 7) is 19.4. The Kier molecular flexibility index (Phi) is 26.9. The lowest BCUT2D eigenvalue weighted by Gasteiger charge is -2.39. The third-order valence-electron chi connectivity index (χ3n) is 12.8. The highest BCUT2D eigenvalue weighted by molar-refractivity contribution is 5.06. The summed E-state index contributed by atoms with van der Waals surface area (Å²) in [5.74, 6) is 0. The zero-order valence-corrected chi connectivity index (χ0v) is 40.8. The molecule has 0 aliphatic carbocycles. The lowest BCUT2D eigenvalue weighted by atomic mass is 9.84. The Morgan fingerprint density at radius 1 is 0.468 bits per heavy atom. The van der Waals surface area contributed by atoms with Crippen LogP contribution in [0.15, 0.2) is 46.6 Å². The average Bonchev–Trinajstić information content (AvgIpc) is 3.13. The van der Waals surface area contributed by atoms with Gasteiger partial charge in [-0.25, -0.2) is 0 Å². The fourth-order valence-corrected chi connectivity index (χ4v) is 8.33. The maximum atomic E-state index is 11.1. The van der Waals surface area contributed by atoms with Crippen LogP contribution in [0.5, 0.6) is 0 Å². The van der Waals surface area contributed by atoms with Crippen LogP contribution in [-0.4, -0.2) is 118 Å². The van der Waals surface area contributed by atoms with Gasteiger partial charge < -0.3 is 55.4 Å². The number of ether oxygens (including phenoxy) is 2. The highest BCUT2D eigenvalue weighted by Crippen LogP contribution is 2.31. The quantitative estimate of drug-likeness (QED) is 0.0286. The van der Waals surface area contributed by atoms with E-state index >= 15 is 0 Å². The van der Waals surface area contributed by atoms with Crippen molar-refractivity contribution in [2.24, 2.45) is 0 Å². The van der Waals surface area contributed by atoms with Gasteiger partial charge in [0.25, 0.3) is 0 Å². The minimum absolute atomic E-state index is 0.173. The van der Waals surface area contributed by atoms with E-state index in [2.05, 4.69) is 45.9 Å². The largest absolute Gasteiger partial charge is 0.394 e. The highest BCUT2D eigenvalue weighted by Gasteiger charge is 2.44. The smallest absolute Gasteiger partial charge is 0.187 e. The van der Waals surface area contributed by atoms with Gasteiger partial charge in [0.2, 0.25) is 0 Å². The van der Waals surface area contributed by atoms with Crippen LogP contribution in [0.1, 0.15) is 204 Å². The van der Waals surface area contributed by atoms with Crippen molar-refractivity contribution < 1.29 is 55.4 Å². The summed E-state index contributed by atoms with van der Waals surface area (Å²) in [6.07, 6.45) is 17.7. The first-order valence-electron chi connectivity index (χ1n) is 23.8. The van der Waals surface area contributed by atoms with Crippen molar-refractivity contribution >= 4 is 0 Å². The molecule has 1 rings (SSSR count). The van der Waals surface area contributed by atoms with E-state index in [1.165, 1.54) is 16.7 Å². The number of allylic oxidation sites excluding steroid dienone is 7. The van der Waals surface area contributed by atoms with Crippen molar-refractivity contribution in [2.75, 3.05) is 13.2 Å². The maximum absolute atomic E-state index is 11.1. The normalized spacial score (nSPS) is 25.3. The van der Waals surface area contributed by atoms with E-state index in [0.29, 0.717) is 77.0 Å².